The van der Waals surface area contributed by atoms with E-state index in [0.29, 0.717) is 18.4 Å². The van der Waals surface area contributed by atoms with Crippen molar-refractivity contribution in [2.24, 2.45) is 11.8 Å². The number of aromatic amines is 1. The average Bonchev–Trinajstić information content (AvgIpc) is 2.96. The molecule has 2 atom stereocenters. The number of carbonyl (C=O) groups excluding carboxylic acids is 1. The number of H-pyrrole nitrogens is 1. The summed E-state index contributed by atoms with van der Waals surface area (Å²) in [5, 5.41) is 2.77. The highest BCUT2D eigenvalue weighted by Gasteiger charge is 2.32. The van der Waals surface area contributed by atoms with Gasteiger partial charge in [0.05, 0.1) is 0 Å². The molecule has 6 nitrogen and oxygen atoms in total. The molecule has 1 aliphatic carbocycles. The van der Waals surface area contributed by atoms with Gasteiger partial charge in [0.2, 0.25) is 5.91 Å². The van der Waals surface area contributed by atoms with Crippen molar-refractivity contribution in [3.05, 3.63) is 33.1 Å². The first-order valence-electron chi connectivity index (χ1n) is 5.62. The predicted molar refractivity (Wildman–Crippen MR) is 61.6 cm³/mol. The van der Waals surface area contributed by atoms with E-state index in [1.54, 1.807) is 0 Å². The van der Waals surface area contributed by atoms with E-state index in [0.717, 1.165) is 6.42 Å². The Bertz CT molecular complexity index is 531. The third kappa shape index (κ3) is 3.05. The second kappa shape index (κ2) is 4.57. The van der Waals surface area contributed by atoms with Crippen LogP contribution < -0.4 is 16.6 Å². The lowest BCUT2D eigenvalue weighted by Gasteiger charge is -2.05. The molecule has 1 aromatic heterocycles. The molecule has 0 bridgehead atoms. The Hall–Kier alpha value is -1.85. The second-order valence-electron chi connectivity index (χ2n) is 4.52. The number of nitrogens with zero attached hydrogens (tertiary/aromatic N) is 1. The molecular weight excluding hydrogens is 222 g/mol. The van der Waals surface area contributed by atoms with Crippen LogP contribution in [-0.2, 0) is 11.3 Å². The summed E-state index contributed by atoms with van der Waals surface area (Å²) < 4.78 is 1.17. The van der Waals surface area contributed by atoms with Gasteiger partial charge in [-0.05, 0) is 18.3 Å². The summed E-state index contributed by atoms with van der Waals surface area (Å²) in [7, 11) is 0. The molecule has 1 heterocycles. The van der Waals surface area contributed by atoms with E-state index in [9.17, 15) is 14.4 Å². The van der Waals surface area contributed by atoms with Crippen molar-refractivity contribution in [2.45, 2.75) is 19.9 Å². The predicted octanol–water partition coefficient (Wildman–Crippen LogP) is -0.691. The van der Waals surface area contributed by atoms with Crippen molar-refractivity contribution in [1.82, 2.24) is 14.9 Å². The van der Waals surface area contributed by atoms with Crippen molar-refractivity contribution in [3.63, 3.8) is 0 Å². The first-order valence-corrected chi connectivity index (χ1v) is 5.62. The molecule has 0 radical (unpaired) electrons. The van der Waals surface area contributed by atoms with Crippen LogP contribution >= 0.6 is 0 Å². The molecule has 1 amide bonds. The molecule has 2 N–H and O–H groups in total. The van der Waals surface area contributed by atoms with Crippen LogP contribution in [0.25, 0.3) is 0 Å². The molecule has 0 saturated heterocycles. The van der Waals surface area contributed by atoms with E-state index >= 15 is 0 Å². The SMILES string of the molecule is C[C@H]1C[C@@H]1CNC(=O)Cn1ccc(=O)[nH]c1=O. The van der Waals surface area contributed by atoms with Gasteiger partial charge in [-0.2, -0.15) is 0 Å². The fourth-order valence-electron chi connectivity index (χ4n) is 1.71. The van der Waals surface area contributed by atoms with Crippen molar-refractivity contribution >= 4 is 5.91 Å². The minimum Gasteiger partial charge on any atom is -0.354 e. The highest BCUT2D eigenvalue weighted by Crippen LogP contribution is 2.36. The molecule has 2 rings (SSSR count). The summed E-state index contributed by atoms with van der Waals surface area (Å²) in [6.07, 6.45) is 2.47. The Balaban J connectivity index is 1.89. The lowest BCUT2D eigenvalue weighted by atomic mass is 10.3. The number of aromatic nitrogens is 2. The standard InChI is InChI=1S/C11H15N3O3/c1-7-4-8(7)5-12-10(16)6-14-3-2-9(15)13-11(14)17/h2-3,7-8H,4-6H2,1H3,(H,12,16)(H,13,15,17)/t7-,8+/m0/s1. The van der Waals surface area contributed by atoms with Crippen molar-refractivity contribution in [3.8, 4) is 0 Å². The van der Waals surface area contributed by atoms with Crippen LogP contribution in [0.5, 0.6) is 0 Å². The van der Waals surface area contributed by atoms with Gasteiger partial charge < -0.3 is 5.32 Å². The normalized spacial score (nSPS) is 22.2. The Labute approximate surface area is 97.7 Å². The molecule has 1 fully saturated rings. The minimum absolute atomic E-state index is 0.0588. The Kier molecular flexibility index (Phi) is 3.12. The quantitative estimate of drug-likeness (QED) is 0.727. The molecule has 6 heteroatoms. The van der Waals surface area contributed by atoms with Gasteiger partial charge in [-0.3, -0.25) is 19.1 Å². The topological polar surface area (TPSA) is 84.0 Å². The maximum Gasteiger partial charge on any atom is 0.328 e. The van der Waals surface area contributed by atoms with Crippen molar-refractivity contribution in [1.29, 1.82) is 0 Å². The first kappa shape index (κ1) is 11.6. The van der Waals surface area contributed by atoms with E-state index in [1.165, 1.54) is 16.8 Å². The third-order valence-electron chi connectivity index (χ3n) is 3.05. The van der Waals surface area contributed by atoms with Crippen molar-refractivity contribution in [2.75, 3.05) is 6.54 Å². The summed E-state index contributed by atoms with van der Waals surface area (Å²) in [6.45, 7) is 2.75. The summed E-state index contributed by atoms with van der Waals surface area (Å²) in [6, 6.07) is 1.22. The molecule has 17 heavy (non-hydrogen) atoms. The smallest absolute Gasteiger partial charge is 0.328 e. The maximum atomic E-state index is 11.5. The molecule has 0 spiro atoms. The minimum atomic E-state index is -0.563. The number of carbonyl (C=O) groups is 1. The van der Waals surface area contributed by atoms with E-state index in [1.807, 2.05) is 0 Å². The fraction of sp³-hybridized carbons (Fsp3) is 0.545. The molecule has 1 saturated carbocycles. The third-order valence-corrected chi connectivity index (χ3v) is 3.05. The zero-order chi connectivity index (χ0) is 12.4. The van der Waals surface area contributed by atoms with Crippen molar-refractivity contribution < 1.29 is 4.79 Å². The largest absolute Gasteiger partial charge is 0.354 e. The van der Waals surface area contributed by atoms with Gasteiger partial charge in [-0.15, -0.1) is 0 Å². The Morgan fingerprint density at radius 2 is 2.29 bits per heavy atom. The van der Waals surface area contributed by atoms with E-state index in [4.69, 9.17) is 0 Å². The summed E-state index contributed by atoms with van der Waals surface area (Å²) in [5.41, 5.74) is -1.02. The molecule has 1 aliphatic rings. The lowest BCUT2D eigenvalue weighted by molar-refractivity contribution is -0.121. The van der Waals surface area contributed by atoms with Gasteiger partial charge in [0.15, 0.2) is 0 Å². The summed E-state index contributed by atoms with van der Waals surface area (Å²) in [5.74, 6) is 1.05. The van der Waals surface area contributed by atoms with Gasteiger partial charge in [0.25, 0.3) is 5.56 Å². The zero-order valence-electron chi connectivity index (χ0n) is 9.60. The highest BCUT2D eigenvalue weighted by molar-refractivity contribution is 5.75. The Morgan fingerprint density at radius 1 is 1.59 bits per heavy atom. The highest BCUT2D eigenvalue weighted by atomic mass is 16.2. The zero-order valence-corrected chi connectivity index (χ0v) is 9.60. The monoisotopic (exact) mass is 237 g/mol. The van der Waals surface area contributed by atoms with Crippen LogP contribution in [0, 0.1) is 11.8 Å². The number of hydrogen-bond acceptors (Lipinski definition) is 3. The maximum absolute atomic E-state index is 11.5. The van der Waals surface area contributed by atoms with Crippen LogP contribution in [0.2, 0.25) is 0 Å². The number of amides is 1. The number of rotatable bonds is 4. The summed E-state index contributed by atoms with van der Waals surface area (Å²) >= 11 is 0. The van der Waals surface area contributed by atoms with Gasteiger partial charge in [0.1, 0.15) is 6.54 Å². The molecule has 0 aromatic carbocycles. The van der Waals surface area contributed by atoms with E-state index in [2.05, 4.69) is 17.2 Å². The van der Waals surface area contributed by atoms with Crippen LogP contribution in [0.3, 0.4) is 0 Å². The number of hydrogen-bond donors (Lipinski definition) is 2. The van der Waals surface area contributed by atoms with Crippen LogP contribution in [-0.4, -0.2) is 22.0 Å². The second-order valence-corrected chi connectivity index (χ2v) is 4.52. The molecule has 0 unspecified atom stereocenters. The van der Waals surface area contributed by atoms with E-state index in [-0.39, 0.29) is 12.5 Å². The fourth-order valence-corrected chi connectivity index (χ4v) is 1.71. The Morgan fingerprint density at radius 3 is 2.88 bits per heavy atom. The van der Waals surface area contributed by atoms with Gasteiger partial charge in [-0.25, -0.2) is 4.79 Å². The number of nitrogens with one attached hydrogen (secondary N) is 2. The van der Waals surface area contributed by atoms with E-state index < -0.39 is 11.2 Å². The first-order chi connectivity index (χ1) is 8.06. The van der Waals surface area contributed by atoms with Gasteiger partial charge in [-0.1, -0.05) is 6.92 Å². The van der Waals surface area contributed by atoms with Gasteiger partial charge in [0, 0.05) is 18.8 Å². The van der Waals surface area contributed by atoms with Crippen LogP contribution in [0.4, 0.5) is 0 Å². The lowest BCUT2D eigenvalue weighted by Crippen LogP contribution is -2.36. The van der Waals surface area contributed by atoms with Crippen LogP contribution in [0.15, 0.2) is 21.9 Å². The molecule has 1 aromatic rings. The summed E-state index contributed by atoms with van der Waals surface area (Å²) in [4.78, 5) is 35.7. The average molecular weight is 237 g/mol. The van der Waals surface area contributed by atoms with Gasteiger partial charge >= 0.3 is 5.69 Å². The molecular formula is C11H15N3O3. The van der Waals surface area contributed by atoms with Crippen LogP contribution in [0.1, 0.15) is 13.3 Å². The molecule has 0 aliphatic heterocycles. The molecule has 92 valence electrons.